The Hall–Kier alpha value is -2.78. The standard InChI is InChI=1S/C20H10O2S/c21-19-11-5-1-2-6-12(11)20(22)18-14(19)9-10-16-17(18)13-7-3-4-8-15(13)23-16/h1-10H. The maximum Gasteiger partial charge on any atom is 0.195 e. The highest BCUT2D eigenvalue weighted by Crippen LogP contribution is 2.40. The van der Waals surface area contributed by atoms with Crippen LogP contribution in [0.5, 0.6) is 0 Å². The quantitative estimate of drug-likeness (QED) is 0.410. The molecular formula is C20H10O2S. The van der Waals surface area contributed by atoms with Crippen molar-refractivity contribution < 1.29 is 9.59 Å². The molecule has 1 aromatic heterocycles. The summed E-state index contributed by atoms with van der Waals surface area (Å²) >= 11 is 1.66. The van der Waals surface area contributed by atoms with Crippen LogP contribution in [0, 0.1) is 0 Å². The van der Waals surface area contributed by atoms with Crippen LogP contribution in [0.2, 0.25) is 0 Å². The minimum Gasteiger partial charge on any atom is -0.289 e. The van der Waals surface area contributed by atoms with Crippen molar-refractivity contribution in [3.05, 3.63) is 82.9 Å². The van der Waals surface area contributed by atoms with Crippen LogP contribution in [0.4, 0.5) is 0 Å². The number of ketones is 2. The molecular weight excluding hydrogens is 304 g/mol. The van der Waals surface area contributed by atoms with E-state index in [1.54, 1.807) is 41.7 Å². The zero-order chi connectivity index (χ0) is 15.6. The lowest BCUT2D eigenvalue weighted by Crippen LogP contribution is -2.20. The highest BCUT2D eigenvalue weighted by atomic mass is 32.1. The van der Waals surface area contributed by atoms with Gasteiger partial charge in [0.2, 0.25) is 0 Å². The van der Waals surface area contributed by atoms with E-state index in [4.69, 9.17) is 0 Å². The van der Waals surface area contributed by atoms with E-state index < -0.39 is 0 Å². The minimum atomic E-state index is -0.0626. The molecule has 0 radical (unpaired) electrons. The van der Waals surface area contributed by atoms with Gasteiger partial charge in [-0.15, -0.1) is 11.3 Å². The molecule has 0 N–H and O–H groups in total. The Morgan fingerprint density at radius 2 is 1.30 bits per heavy atom. The molecule has 0 fully saturated rings. The smallest absolute Gasteiger partial charge is 0.195 e. The number of benzene rings is 3. The summed E-state index contributed by atoms with van der Waals surface area (Å²) in [6.45, 7) is 0. The van der Waals surface area contributed by atoms with Crippen molar-refractivity contribution in [1.82, 2.24) is 0 Å². The molecule has 2 nitrogen and oxygen atoms in total. The van der Waals surface area contributed by atoms with E-state index in [9.17, 15) is 9.59 Å². The summed E-state index contributed by atoms with van der Waals surface area (Å²) in [6, 6.07) is 18.9. The lowest BCUT2D eigenvalue weighted by Gasteiger charge is -2.18. The van der Waals surface area contributed by atoms with Crippen molar-refractivity contribution in [1.29, 1.82) is 0 Å². The Labute approximate surface area is 136 Å². The maximum atomic E-state index is 13.1. The highest BCUT2D eigenvalue weighted by Gasteiger charge is 2.31. The van der Waals surface area contributed by atoms with E-state index in [1.165, 1.54) is 0 Å². The van der Waals surface area contributed by atoms with Crippen LogP contribution < -0.4 is 0 Å². The van der Waals surface area contributed by atoms with Gasteiger partial charge in [0.05, 0.1) is 0 Å². The van der Waals surface area contributed by atoms with Crippen molar-refractivity contribution >= 4 is 43.1 Å². The Kier molecular flexibility index (Phi) is 2.42. The van der Waals surface area contributed by atoms with Gasteiger partial charge in [-0.2, -0.15) is 0 Å². The van der Waals surface area contributed by atoms with E-state index in [-0.39, 0.29) is 11.6 Å². The topological polar surface area (TPSA) is 34.1 Å². The molecule has 5 rings (SSSR count). The molecule has 1 aliphatic rings. The molecule has 0 bridgehead atoms. The minimum absolute atomic E-state index is 0.0515. The Bertz CT molecular complexity index is 1150. The highest BCUT2D eigenvalue weighted by molar-refractivity contribution is 7.25. The molecule has 0 aliphatic heterocycles. The second-order valence-corrected chi connectivity index (χ2v) is 6.75. The van der Waals surface area contributed by atoms with E-state index in [0.717, 1.165) is 20.2 Å². The molecule has 3 aromatic carbocycles. The lowest BCUT2D eigenvalue weighted by molar-refractivity contribution is 0.0980. The van der Waals surface area contributed by atoms with Gasteiger partial charge >= 0.3 is 0 Å². The summed E-state index contributed by atoms with van der Waals surface area (Å²) in [5.41, 5.74) is 2.09. The first-order valence-corrected chi connectivity index (χ1v) is 8.20. The summed E-state index contributed by atoms with van der Waals surface area (Å²) in [5.74, 6) is -0.114. The average molecular weight is 314 g/mol. The Balaban J connectivity index is 1.98. The molecule has 0 amide bonds. The average Bonchev–Trinajstić information content (AvgIpc) is 2.98. The third-order valence-corrected chi connectivity index (χ3v) is 5.57. The van der Waals surface area contributed by atoms with Gasteiger partial charge in [0.25, 0.3) is 0 Å². The van der Waals surface area contributed by atoms with Gasteiger partial charge in [-0.3, -0.25) is 9.59 Å². The van der Waals surface area contributed by atoms with Gasteiger partial charge in [0, 0.05) is 42.4 Å². The van der Waals surface area contributed by atoms with Crippen LogP contribution in [0.15, 0.2) is 60.7 Å². The van der Waals surface area contributed by atoms with Gasteiger partial charge in [-0.25, -0.2) is 0 Å². The number of fused-ring (bicyclic) bond motifs is 6. The van der Waals surface area contributed by atoms with Crippen LogP contribution in [0.3, 0.4) is 0 Å². The first kappa shape index (κ1) is 12.7. The van der Waals surface area contributed by atoms with Crippen molar-refractivity contribution in [2.45, 2.75) is 0 Å². The molecule has 0 saturated heterocycles. The van der Waals surface area contributed by atoms with Crippen molar-refractivity contribution in [3.63, 3.8) is 0 Å². The molecule has 1 aliphatic carbocycles. The Morgan fingerprint density at radius 1 is 0.609 bits per heavy atom. The predicted molar refractivity (Wildman–Crippen MR) is 92.6 cm³/mol. The molecule has 0 spiro atoms. The molecule has 0 saturated carbocycles. The molecule has 108 valence electrons. The van der Waals surface area contributed by atoms with E-state index in [1.807, 2.05) is 24.3 Å². The van der Waals surface area contributed by atoms with Crippen LogP contribution >= 0.6 is 11.3 Å². The number of hydrogen-bond acceptors (Lipinski definition) is 3. The molecule has 3 heteroatoms. The zero-order valence-corrected chi connectivity index (χ0v) is 12.8. The van der Waals surface area contributed by atoms with Crippen LogP contribution in [0.25, 0.3) is 20.2 Å². The predicted octanol–water partition coefficient (Wildman–Crippen LogP) is 4.83. The third-order valence-electron chi connectivity index (χ3n) is 4.43. The first-order chi connectivity index (χ1) is 11.3. The molecule has 0 unspecified atom stereocenters. The van der Waals surface area contributed by atoms with Crippen LogP contribution in [0.1, 0.15) is 31.8 Å². The van der Waals surface area contributed by atoms with Gasteiger partial charge in [-0.05, 0) is 18.2 Å². The molecule has 23 heavy (non-hydrogen) atoms. The number of thiophene rings is 1. The zero-order valence-electron chi connectivity index (χ0n) is 12.0. The van der Waals surface area contributed by atoms with E-state index in [2.05, 4.69) is 6.07 Å². The summed E-state index contributed by atoms with van der Waals surface area (Å²) in [6.07, 6.45) is 0. The van der Waals surface area contributed by atoms with Gasteiger partial charge < -0.3 is 0 Å². The molecule has 4 aromatic rings. The summed E-state index contributed by atoms with van der Waals surface area (Å²) in [7, 11) is 0. The monoisotopic (exact) mass is 314 g/mol. The third kappa shape index (κ3) is 1.57. The fraction of sp³-hybridized carbons (Fsp3) is 0. The lowest BCUT2D eigenvalue weighted by atomic mass is 9.82. The fourth-order valence-corrected chi connectivity index (χ4v) is 4.51. The van der Waals surface area contributed by atoms with Gasteiger partial charge in [-0.1, -0.05) is 42.5 Å². The largest absolute Gasteiger partial charge is 0.289 e. The second kappa shape index (κ2) is 4.37. The van der Waals surface area contributed by atoms with Gasteiger partial charge in [0.15, 0.2) is 11.6 Å². The summed E-state index contributed by atoms with van der Waals surface area (Å²) in [4.78, 5) is 25.9. The van der Waals surface area contributed by atoms with Gasteiger partial charge in [0.1, 0.15) is 0 Å². The van der Waals surface area contributed by atoms with E-state index >= 15 is 0 Å². The fourth-order valence-electron chi connectivity index (χ4n) is 3.40. The Morgan fingerprint density at radius 3 is 2.13 bits per heavy atom. The maximum absolute atomic E-state index is 13.1. The first-order valence-electron chi connectivity index (χ1n) is 7.38. The molecule has 1 heterocycles. The SMILES string of the molecule is O=C1c2ccccc2C(=O)c2c1ccc1sc3ccccc3c21. The normalized spacial score (nSPS) is 13.4. The summed E-state index contributed by atoms with van der Waals surface area (Å²) in [5, 5.41) is 1.96. The van der Waals surface area contributed by atoms with Crippen molar-refractivity contribution in [3.8, 4) is 0 Å². The molecule has 0 atom stereocenters. The number of carbonyl (C=O) groups excluding carboxylic acids is 2. The van der Waals surface area contributed by atoms with Crippen LogP contribution in [-0.4, -0.2) is 11.6 Å². The number of rotatable bonds is 0. The van der Waals surface area contributed by atoms with Crippen LogP contribution in [-0.2, 0) is 0 Å². The van der Waals surface area contributed by atoms with Crippen molar-refractivity contribution in [2.24, 2.45) is 0 Å². The summed E-state index contributed by atoms with van der Waals surface area (Å²) < 4.78 is 2.18. The van der Waals surface area contributed by atoms with Crippen molar-refractivity contribution in [2.75, 3.05) is 0 Å². The second-order valence-electron chi connectivity index (χ2n) is 5.66. The van der Waals surface area contributed by atoms with E-state index in [0.29, 0.717) is 22.3 Å². The number of carbonyl (C=O) groups is 2. The number of hydrogen-bond donors (Lipinski definition) is 0.